The van der Waals surface area contributed by atoms with Crippen molar-refractivity contribution in [1.29, 1.82) is 0 Å². The van der Waals surface area contributed by atoms with Crippen molar-refractivity contribution in [3.8, 4) is 5.75 Å². The Morgan fingerprint density at radius 2 is 2.33 bits per heavy atom. The fourth-order valence-electron chi connectivity index (χ4n) is 1.74. The molecule has 0 unspecified atom stereocenters. The van der Waals surface area contributed by atoms with Crippen LogP contribution in [0.3, 0.4) is 0 Å². The average Bonchev–Trinajstić information content (AvgIpc) is 2.52. The van der Waals surface area contributed by atoms with E-state index in [0.29, 0.717) is 5.69 Å². The molecule has 1 aromatic rings. The second-order valence-corrected chi connectivity index (χ2v) is 3.03. The molecule has 0 bridgehead atoms. The van der Waals surface area contributed by atoms with Gasteiger partial charge in [-0.15, -0.1) is 0 Å². The molecule has 12 heavy (non-hydrogen) atoms. The monoisotopic (exact) mass is 164 g/mol. The highest BCUT2D eigenvalue weighted by Gasteiger charge is 2.18. The molecule has 1 heterocycles. The highest BCUT2D eigenvalue weighted by atomic mass is 16.5. The first-order chi connectivity index (χ1) is 5.83. The lowest BCUT2D eigenvalue weighted by atomic mass is 10.2. The van der Waals surface area contributed by atoms with Gasteiger partial charge in [0.25, 0.3) is 0 Å². The van der Waals surface area contributed by atoms with E-state index in [1.54, 1.807) is 13.3 Å². The summed E-state index contributed by atoms with van der Waals surface area (Å²) in [6, 6.07) is 0. The van der Waals surface area contributed by atoms with Crippen molar-refractivity contribution in [3.05, 3.63) is 17.5 Å². The summed E-state index contributed by atoms with van der Waals surface area (Å²) in [5.74, 6) is 0.831. The van der Waals surface area contributed by atoms with Crippen molar-refractivity contribution in [2.45, 2.75) is 19.3 Å². The first-order valence-corrected chi connectivity index (χ1v) is 4.13. The number of methoxy groups -OCH3 is 1. The van der Waals surface area contributed by atoms with E-state index >= 15 is 0 Å². The maximum absolute atomic E-state index is 5.72. The van der Waals surface area contributed by atoms with Crippen molar-refractivity contribution in [3.63, 3.8) is 0 Å². The zero-order chi connectivity index (χ0) is 8.55. The zero-order valence-electron chi connectivity index (χ0n) is 7.13. The van der Waals surface area contributed by atoms with Crippen LogP contribution in [-0.4, -0.2) is 12.1 Å². The van der Waals surface area contributed by atoms with Gasteiger partial charge in [0.05, 0.1) is 19.0 Å². The van der Waals surface area contributed by atoms with E-state index in [0.717, 1.165) is 24.3 Å². The number of hydrogen-bond donors (Lipinski definition) is 1. The summed E-state index contributed by atoms with van der Waals surface area (Å²) in [6.45, 7) is 0. The van der Waals surface area contributed by atoms with Crippen LogP contribution in [0, 0.1) is 0 Å². The number of hydrogen-bond acceptors (Lipinski definition) is 3. The van der Waals surface area contributed by atoms with Gasteiger partial charge in [0.2, 0.25) is 0 Å². The molecule has 0 radical (unpaired) electrons. The predicted octanol–water partition coefficient (Wildman–Crippen LogP) is 1.16. The Labute approximate surface area is 71.6 Å². The lowest BCUT2D eigenvalue weighted by Crippen LogP contribution is -1.99. The average molecular weight is 164 g/mol. The van der Waals surface area contributed by atoms with Crippen LogP contribution >= 0.6 is 0 Å². The van der Waals surface area contributed by atoms with Crippen LogP contribution in [0.1, 0.15) is 17.7 Å². The molecule has 3 nitrogen and oxygen atoms in total. The number of nitrogens with zero attached hydrogens (tertiary/aromatic N) is 1. The number of nitrogen functional groups attached to an aromatic ring is 1. The van der Waals surface area contributed by atoms with Crippen LogP contribution in [0.5, 0.6) is 5.75 Å². The first-order valence-electron chi connectivity index (χ1n) is 4.13. The molecule has 0 spiro atoms. The molecule has 0 atom stereocenters. The molecular weight excluding hydrogens is 152 g/mol. The van der Waals surface area contributed by atoms with E-state index in [2.05, 4.69) is 4.98 Å². The normalized spacial score (nSPS) is 14.4. The van der Waals surface area contributed by atoms with Crippen molar-refractivity contribution in [1.82, 2.24) is 4.98 Å². The summed E-state index contributed by atoms with van der Waals surface area (Å²) in [5.41, 5.74) is 8.73. The molecule has 2 rings (SSSR count). The Morgan fingerprint density at radius 3 is 3.08 bits per heavy atom. The molecule has 64 valence electrons. The molecule has 0 amide bonds. The number of ether oxygens (including phenoxy) is 1. The summed E-state index contributed by atoms with van der Waals surface area (Å²) in [4.78, 5) is 4.26. The molecule has 1 aliphatic carbocycles. The van der Waals surface area contributed by atoms with E-state index in [1.165, 1.54) is 12.0 Å². The highest BCUT2D eigenvalue weighted by molar-refractivity contribution is 5.57. The highest BCUT2D eigenvalue weighted by Crippen LogP contribution is 2.33. The molecule has 2 N–H and O–H groups in total. The van der Waals surface area contributed by atoms with Gasteiger partial charge < -0.3 is 10.5 Å². The summed E-state index contributed by atoms with van der Waals surface area (Å²) in [6.07, 6.45) is 4.97. The Balaban J connectivity index is 2.57. The fraction of sp³-hybridized carbons (Fsp3) is 0.444. The number of aryl methyl sites for hydroxylation is 1. The van der Waals surface area contributed by atoms with Crippen LogP contribution in [0.2, 0.25) is 0 Å². The fourth-order valence-corrected chi connectivity index (χ4v) is 1.74. The van der Waals surface area contributed by atoms with E-state index in [4.69, 9.17) is 10.5 Å². The van der Waals surface area contributed by atoms with Crippen LogP contribution in [0.4, 0.5) is 5.69 Å². The van der Waals surface area contributed by atoms with Gasteiger partial charge in [0.1, 0.15) is 5.75 Å². The van der Waals surface area contributed by atoms with Crippen LogP contribution in [0.15, 0.2) is 6.20 Å². The first kappa shape index (κ1) is 7.40. The van der Waals surface area contributed by atoms with Gasteiger partial charge in [0.15, 0.2) is 0 Å². The van der Waals surface area contributed by atoms with E-state index in [-0.39, 0.29) is 0 Å². The Hall–Kier alpha value is -1.25. The Bertz CT molecular complexity index is 310. The topological polar surface area (TPSA) is 48.1 Å². The Kier molecular flexibility index (Phi) is 1.64. The third-order valence-corrected chi connectivity index (χ3v) is 2.29. The second kappa shape index (κ2) is 2.66. The zero-order valence-corrected chi connectivity index (χ0v) is 7.13. The Morgan fingerprint density at radius 1 is 1.50 bits per heavy atom. The minimum absolute atomic E-state index is 0.651. The molecule has 0 aliphatic heterocycles. The minimum atomic E-state index is 0.651. The van der Waals surface area contributed by atoms with Crippen molar-refractivity contribution in [2.75, 3.05) is 12.8 Å². The summed E-state index contributed by atoms with van der Waals surface area (Å²) in [5, 5.41) is 0. The lowest BCUT2D eigenvalue weighted by molar-refractivity contribution is 0.412. The molecule has 0 saturated heterocycles. The standard InChI is InChI=1S/C9H12N2O/c1-12-9-6-3-2-4-8(6)11-5-7(9)10/h5H,2-4,10H2,1H3. The predicted molar refractivity (Wildman–Crippen MR) is 47.2 cm³/mol. The van der Waals surface area contributed by atoms with Gasteiger partial charge in [-0.25, -0.2) is 0 Å². The smallest absolute Gasteiger partial charge is 0.148 e. The number of anilines is 1. The van der Waals surface area contributed by atoms with Crippen LogP contribution < -0.4 is 10.5 Å². The van der Waals surface area contributed by atoms with Gasteiger partial charge in [-0.2, -0.15) is 0 Å². The van der Waals surface area contributed by atoms with Crippen molar-refractivity contribution >= 4 is 5.69 Å². The van der Waals surface area contributed by atoms with Crippen molar-refractivity contribution in [2.24, 2.45) is 0 Å². The third kappa shape index (κ3) is 0.932. The minimum Gasteiger partial charge on any atom is -0.494 e. The van der Waals surface area contributed by atoms with Gasteiger partial charge in [0, 0.05) is 11.3 Å². The molecule has 0 saturated carbocycles. The number of nitrogens with two attached hydrogens (primary N) is 1. The molecule has 1 aromatic heterocycles. The molecule has 1 aliphatic rings. The van der Waals surface area contributed by atoms with E-state index in [1.807, 2.05) is 0 Å². The SMILES string of the molecule is COc1c(N)cnc2c1CCC2. The maximum atomic E-state index is 5.72. The van der Waals surface area contributed by atoms with Gasteiger partial charge in [-0.1, -0.05) is 0 Å². The summed E-state index contributed by atoms with van der Waals surface area (Å²) < 4.78 is 5.22. The van der Waals surface area contributed by atoms with Gasteiger partial charge >= 0.3 is 0 Å². The van der Waals surface area contributed by atoms with Gasteiger partial charge in [-0.05, 0) is 19.3 Å². The number of pyridine rings is 1. The van der Waals surface area contributed by atoms with Crippen molar-refractivity contribution < 1.29 is 4.74 Å². The summed E-state index contributed by atoms with van der Waals surface area (Å²) >= 11 is 0. The van der Waals surface area contributed by atoms with Gasteiger partial charge in [-0.3, -0.25) is 4.98 Å². The second-order valence-electron chi connectivity index (χ2n) is 3.03. The largest absolute Gasteiger partial charge is 0.494 e. The number of aromatic nitrogens is 1. The third-order valence-electron chi connectivity index (χ3n) is 2.29. The number of rotatable bonds is 1. The van der Waals surface area contributed by atoms with E-state index < -0.39 is 0 Å². The van der Waals surface area contributed by atoms with E-state index in [9.17, 15) is 0 Å². The maximum Gasteiger partial charge on any atom is 0.148 e. The summed E-state index contributed by atoms with van der Waals surface area (Å²) in [7, 11) is 1.66. The molecular formula is C9H12N2O. The molecule has 3 heteroatoms. The quantitative estimate of drug-likeness (QED) is 0.677. The molecule has 0 fully saturated rings. The van der Waals surface area contributed by atoms with Crippen LogP contribution in [0.25, 0.3) is 0 Å². The lowest BCUT2D eigenvalue weighted by Gasteiger charge is -2.08. The van der Waals surface area contributed by atoms with Crippen LogP contribution in [-0.2, 0) is 12.8 Å². The molecule has 0 aromatic carbocycles. The number of fused-ring (bicyclic) bond motifs is 1.